The van der Waals surface area contributed by atoms with Crippen molar-refractivity contribution in [1.29, 1.82) is 0 Å². The van der Waals surface area contributed by atoms with E-state index < -0.39 is 0 Å². The van der Waals surface area contributed by atoms with Gasteiger partial charge in [0.15, 0.2) is 0 Å². The lowest BCUT2D eigenvalue weighted by molar-refractivity contribution is -0.114. The van der Waals surface area contributed by atoms with Crippen LogP contribution < -0.4 is 15.5 Å². The summed E-state index contributed by atoms with van der Waals surface area (Å²) in [7, 11) is 0. The van der Waals surface area contributed by atoms with E-state index in [4.69, 9.17) is 0 Å². The normalized spacial score (nSPS) is 14.3. The van der Waals surface area contributed by atoms with Crippen LogP contribution in [0.5, 0.6) is 0 Å². The van der Waals surface area contributed by atoms with E-state index in [1.807, 2.05) is 26.0 Å². The van der Waals surface area contributed by atoms with Gasteiger partial charge in [-0.3, -0.25) is 9.59 Å². The highest BCUT2D eigenvalue weighted by Crippen LogP contribution is 2.29. The molecule has 2 aromatic rings. The topological polar surface area (TPSA) is 61.4 Å². The van der Waals surface area contributed by atoms with Crippen LogP contribution in [0.4, 0.5) is 11.4 Å². The van der Waals surface area contributed by atoms with Gasteiger partial charge in [0.05, 0.1) is 5.56 Å². The molecule has 3 rings (SSSR count). The molecule has 0 fully saturated rings. The highest BCUT2D eigenvalue weighted by molar-refractivity contribution is 6.02. The van der Waals surface area contributed by atoms with Gasteiger partial charge in [0.1, 0.15) is 0 Å². The zero-order valence-corrected chi connectivity index (χ0v) is 16.2. The zero-order chi connectivity index (χ0) is 19.4. The lowest BCUT2D eigenvalue weighted by Crippen LogP contribution is -2.35. The van der Waals surface area contributed by atoms with Crippen LogP contribution in [-0.4, -0.2) is 24.4 Å². The van der Waals surface area contributed by atoms with Crippen LogP contribution in [0.15, 0.2) is 42.5 Å². The molecule has 5 nitrogen and oxygen atoms in total. The molecule has 1 aliphatic rings. The molecule has 2 amide bonds. The van der Waals surface area contributed by atoms with Gasteiger partial charge in [-0.15, -0.1) is 0 Å². The summed E-state index contributed by atoms with van der Waals surface area (Å²) in [6.45, 7) is 7.14. The van der Waals surface area contributed by atoms with Gasteiger partial charge in [0, 0.05) is 37.4 Å². The number of carbonyl (C=O) groups is 2. The Hall–Kier alpha value is -2.82. The lowest BCUT2D eigenvalue weighted by atomic mass is 9.98. The Morgan fingerprint density at radius 1 is 1.15 bits per heavy atom. The number of hydrogen-bond donors (Lipinski definition) is 2. The highest BCUT2D eigenvalue weighted by atomic mass is 16.2. The van der Waals surface area contributed by atoms with E-state index in [1.165, 1.54) is 18.1 Å². The summed E-state index contributed by atoms with van der Waals surface area (Å²) < 4.78 is 0. The number of fused-ring (bicyclic) bond motifs is 1. The van der Waals surface area contributed by atoms with Crippen LogP contribution in [0.25, 0.3) is 0 Å². The highest BCUT2D eigenvalue weighted by Gasteiger charge is 2.22. The number of anilines is 2. The SMILES string of the molecule is CCC(C)NC(=O)c1cc(NC(C)=O)ccc1N1CCc2ccccc2C1. The van der Waals surface area contributed by atoms with E-state index in [-0.39, 0.29) is 17.9 Å². The molecule has 2 aromatic carbocycles. The predicted molar refractivity (Wildman–Crippen MR) is 109 cm³/mol. The monoisotopic (exact) mass is 365 g/mol. The Bertz CT molecular complexity index is 847. The summed E-state index contributed by atoms with van der Waals surface area (Å²) in [5, 5.41) is 5.82. The molecule has 0 saturated carbocycles. The summed E-state index contributed by atoms with van der Waals surface area (Å²) in [5.41, 5.74) is 4.80. The quantitative estimate of drug-likeness (QED) is 0.849. The first-order chi connectivity index (χ1) is 13.0. The zero-order valence-electron chi connectivity index (χ0n) is 16.2. The molecule has 142 valence electrons. The van der Waals surface area contributed by atoms with E-state index >= 15 is 0 Å². The van der Waals surface area contributed by atoms with E-state index in [1.54, 1.807) is 6.07 Å². The smallest absolute Gasteiger partial charge is 0.253 e. The van der Waals surface area contributed by atoms with Crippen LogP contribution in [-0.2, 0) is 17.8 Å². The Kier molecular flexibility index (Phi) is 5.79. The molecule has 2 N–H and O–H groups in total. The van der Waals surface area contributed by atoms with Gasteiger partial charge < -0.3 is 15.5 Å². The molecule has 5 heteroatoms. The summed E-state index contributed by atoms with van der Waals surface area (Å²) >= 11 is 0. The molecule has 0 bridgehead atoms. The number of benzene rings is 2. The number of nitrogens with zero attached hydrogens (tertiary/aromatic N) is 1. The number of carbonyl (C=O) groups excluding carboxylic acids is 2. The summed E-state index contributed by atoms with van der Waals surface area (Å²) in [4.78, 5) is 26.6. The van der Waals surface area contributed by atoms with E-state index in [2.05, 4.69) is 39.8 Å². The van der Waals surface area contributed by atoms with Gasteiger partial charge in [-0.05, 0) is 49.1 Å². The number of hydrogen-bond acceptors (Lipinski definition) is 3. The summed E-state index contributed by atoms with van der Waals surface area (Å²) in [6, 6.07) is 14.1. The standard InChI is InChI=1S/C22H27N3O2/c1-4-15(2)23-22(27)20-13-19(24-16(3)26)9-10-21(20)25-12-11-17-7-5-6-8-18(17)14-25/h5-10,13,15H,4,11-12,14H2,1-3H3,(H,23,27)(H,24,26). The van der Waals surface area contributed by atoms with Gasteiger partial charge in [-0.2, -0.15) is 0 Å². The second-order valence-corrected chi connectivity index (χ2v) is 7.14. The first-order valence-electron chi connectivity index (χ1n) is 9.52. The molecule has 0 aromatic heterocycles. The van der Waals surface area contributed by atoms with Gasteiger partial charge in [-0.25, -0.2) is 0 Å². The fourth-order valence-electron chi connectivity index (χ4n) is 3.38. The second kappa shape index (κ2) is 8.25. The first kappa shape index (κ1) is 19.0. The van der Waals surface area contributed by atoms with Crippen molar-refractivity contribution >= 4 is 23.2 Å². The van der Waals surface area contributed by atoms with Crippen molar-refractivity contribution in [3.63, 3.8) is 0 Å². The molecule has 0 saturated heterocycles. The molecule has 1 aliphatic heterocycles. The van der Waals surface area contributed by atoms with Crippen molar-refractivity contribution in [2.24, 2.45) is 0 Å². The van der Waals surface area contributed by atoms with Crippen LogP contribution in [0.2, 0.25) is 0 Å². The number of amides is 2. The van der Waals surface area contributed by atoms with Gasteiger partial charge in [0.25, 0.3) is 5.91 Å². The minimum absolute atomic E-state index is 0.0943. The maximum Gasteiger partial charge on any atom is 0.253 e. The lowest BCUT2D eigenvalue weighted by Gasteiger charge is -2.32. The molecule has 0 spiro atoms. The largest absolute Gasteiger partial charge is 0.366 e. The molecule has 1 unspecified atom stereocenters. The van der Waals surface area contributed by atoms with E-state index in [0.29, 0.717) is 11.3 Å². The maximum atomic E-state index is 12.9. The first-order valence-corrected chi connectivity index (χ1v) is 9.52. The molecular weight excluding hydrogens is 338 g/mol. The fraction of sp³-hybridized carbons (Fsp3) is 0.364. The third-order valence-corrected chi connectivity index (χ3v) is 5.02. The number of rotatable bonds is 5. The van der Waals surface area contributed by atoms with Gasteiger partial charge >= 0.3 is 0 Å². The van der Waals surface area contributed by atoms with Crippen LogP contribution >= 0.6 is 0 Å². The van der Waals surface area contributed by atoms with Crippen molar-refractivity contribution in [3.8, 4) is 0 Å². The van der Waals surface area contributed by atoms with Crippen molar-refractivity contribution < 1.29 is 9.59 Å². The molecular formula is C22H27N3O2. The van der Waals surface area contributed by atoms with E-state index in [0.717, 1.165) is 31.6 Å². The molecule has 0 aliphatic carbocycles. The number of nitrogens with one attached hydrogen (secondary N) is 2. The molecule has 1 heterocycles. The van der Waals surface area contributed by atoms with Crippen LogP contribution in [0.3, 0.4) is 0 Å². The third-order valence-electron chi connectivity index (χ3n) is 5.02. The van der Waals surface area contributed by atoms with Crippen molar-refractivity contribution in [3.05, 3.63) is 59.2 Å². The third kappa shape index (κ3) is 4.48. The molecule has 0 radical (unpaired) electrons. The average molecular weight is 365 g/mol. The Morgan fingerprint density at radius 2 is 1.89 bits per heavy atom. The minimum Gasteiger partial charge on any atom is -0.366 e. The minimum atomic E-state index is -0.150. The van der Waals surface area contributed by atoms with Crippen LogP contribution in [0.1, 0.15) is 48.7 Å². The van der Waals surface area contributed by atoms with Crippen molar-refractivity contribution in [1.82, 2.24) is 5.32 Å². The van der Waals surface area contributed by atoms with Crippen LogP contribution in [0, 0.1) is 0 Å². The Morgan fingerprint density at radius 3 is 2.59 bits per heavy atom. The average Bonchev–Trinajstić information content (AvgIpc) is 2.67. The van der Waals surface area contributed by atoms with Crippen molar-refractivity contribution in [2.45, 2.75) is 46.2 Å². The Balaban J connectivity index is 1.93. The van der Waals surface area contributed by atoms with E-state index in [9.17, 15) is 9.59 Å². The molecule has 27 heavy (non-hydrogen) atoms. The second-order valence-electron chi connectivity index (χ2n) is 7.14. The van der Waals surface area contributed by atoms with Crippen molar-refractivity contribution in [2.75, 3.05) is 16.8 Å². The van der Waals surface area contributed by atoms with Gasteiger partial charge in [0.2, 0.25) is 5.91 Å². The maximum absolute atomic E-state index is 12.9. The van der Waals surface area contributed by atoms with Gasteiger partial charge in [-0.1, -0.05) is 31.2 Å². The Labute approximate surface area is 160 Å². The fourth-order valence-corrected chi connectivity index (χ4v) is 3.38. The summed E-state index contributed by atoms with van der Waals surface area (Å²) in [6.07, 6.45) is 1.82. The molecule has 1 atom stereocenters. The predicted octanol–water partition coefficient (Wildman–Crippen LogP) is 3.74. The summed E-state index contributed by atoms with van der Waals surface area (Å²) in [5.74, 6) is -0.256.